The van der Waals surface area contributed by atoms with Crippen molar-refractivity contribution in [1.29, 1.82) is 0 Å². The summed E-state index contributed by atoms with van der Waals surface area (Å²) in [5, 5.41) is 4.27. The summed E-state index contributed by atoms with van der Waals surface area (Å²) < 4.78 is 24.6. The number of hydrogen-bond donors (Lipinski definition) is 0. The smallest absolute Gasteiger partial charge is 0.444 e. The zero-order valence-electron chi connectivity index (χ0n) is 29.9. The number of carbonyl (C=O) groups excluding carboxylic acids is 2. The van der Waals surface area contributed by atoms with E-state index in [9.17, 15) is 9.59 Å². The van der Waals surface area contributed by atoms with Gasteiger partial charge >= 0.3 is 19.3 Å². The summed E-state index contributed by atoms with van der Waals surface area (Å²) in [7, 11) is 1.52. The molecule has 256 valence electrons. The van der Waals surface area contributed by atoms with Gasteiger partial charge in [0.25, 0.3) is 0 Å². The van der Waals surface area contributed by atoms with Crippen LogP contribution in [-0.2, 0) is 25.8 Å². The van der Waals surface area contributed by atoms with Crippen LogP contribution in [0.1, 0.15) is 87.8 Å². The lowest BCUT2D eigenvalue weighted by molar-refractivity contribution is 0.00578. The molecule has 0 N–H and O–H groups in total. The zero-order valence-corrected chi connectivity index (χ0v) is 29.9. The van der Waals surface area contributed by atoms with Crippen LogP contribution in [0.15, 0.2) is 42.3 Å². The predicted octanol–water partition coefficient (Wildman–Crippen LogP) is 6.09. The average Bonchev–Trinajstić information content (AvgIpc) is 3.50. The highest BCUT2D eigenvalue weighted by molar-refractivity contribution is 6.54. The third kappa shape index (κ3) is 9.66. The first kappa shape index (κ1) is 36.1. The Bertz CT molecular complexity index is 1470. The fourth-order valence-electron chi connectivity index (χ4n) is 4.97. The zero-order chi connectivity index (χ0) is 34.8. The second kappa shape index (κ2) is 13.8. The third-order valence-electron chi connectivity index (χ3n) is 8.26. The van der Waals surface area contributed by atoms with Gasteiger partial charge in [0.15, 0.2) is 5.82 Å². The molecule has 3 aliphatic rings. The highest BCUT2D eigenvalue weighted by Crippen LogP contribution is 2.39. The third-order valence-corrected chi connectivity index (χ3v) is 8.26. The van der Waals surface area contributed by atoms with Crippen molar-refractivity contribution in [3.63, 3.8) is 0 Å². The predicted molar refractivity (Wildman–Crippen MR) is 181 cm³/mol. The molecule has 0 saturated carbocycles. The van der Waals surface area contributed by atoms with E-state index in [1.165, 1.54) is 0 Å². The maximum atomic E-state index is 12.1. The Morgan fingerprint density at radius 2 is 1.38 bits per heavy atom. The van der Waals surface area contributed by atoms with Gasteiger partial charge in [0, 0.05) is 45.0 Å². The molecule has 0 bridgehead atoms. The first-order chi connectivity index (χ1) is 21.7. The Morgan fingerprint density at radius 3 is 1.79 bits per heavy atom. The molecule has 12 nitrogen and oxygen atoms in total. The SMILES string of the molecule is CC(C)(C)OC(=O)N1CC=C(B2OC(C)(C)C(C)(C)O2)CC1.Cn1cnc(-c2ccc(C3=CCN(C(=O)OC(C)(C)C)CC3)nc2)n1. The lowest BCUT2D eigenvalue weighted by Gasteiger charge is -2.32. The van der Waals surface area contributed by atoms with E-state index in [1.807, 2.05) is 101 Å². The van der Waals surface area contributed by atoms with Gasteiger partial charge in [0.1, 0.15) is 17.5 Å². The first-order valence-corrected chi connectivity index (χ1v) is 16.2. The van der Waals surface area contributed by atoms with Gasteiger partial charge in [0.2, 0.25) is 0 Å². The molecule has 3 aliphatic heterocycles. The fraction of sp³-hybridized carbons (Fsp3) is 0.618. The molecule has 0 aliphatic carbocycles. The van der Waals surface area contributed by atoms with Crippen LogP contribution in [-0.4, -0.2) is 97.4 Å². The normalized spacial score (nSPS) is 19.3. The number of aryl methyl sites for hydroxylation is 1. The van der Waals surface area contributed by atoms with E-state index < -0.39 is 11.2 Å². The highest BCUT2D eigenvalue weighted by Gasteiger charge is 2.52. The van der Waals surface area contributed by atoms with Gasteiger partial charge in [-0.1, -0.05) is 12.2 Å². The van der Waals surface area contributed by atoms with Crippen LogP contribution in [0.25, 0.3) is 17.0 Å². The van der Waals surface area contributed by atoms with Crippen LogP contribution in [0.3, 0.4) is 0 Å². The molecular weight excluding hydrogens is 599 g/mol. The van der Waals surface area contributed by atoms with Gasteiger partial charge in [-0.15, -0.1) is 0 Å². The minimum atomic E-state index is -0.474. The van der Waals surface area contributed by atoms with E-state index in [0.717, 1.165) is 35.1 Å². The molecule has 2 aromatic heterocycles. The van der Waals surface area contributed by atoms with Crippen LogP contribution >= 0.6 is 0 Å². The monoisotopic (exact) mass is 650 g/mol. The van der Waals surface area contributed by atoms with Crippen LogP contribution in [0.2, 0.25) is 0 Å². The van der Waals surface area contributed by atoms with Crippen molar-refractivity contribution in [1.82, 2.24) is 29.5 Å². The van der Waals surface area contributed by atoms with Crippen LogP contribution in [0.5, 0.6) is 0 Å². The quantitative estimate of drug-likeness (QED) is 0.364. The lowest BCUT2D eigenvalue weighted by Crippen LogP contribution is -2.41. The van der Waals surface area contributed by atoms with E-state index in [1.54, 1.807) is 27.0 Å². The number of nitrogens with zero attached hydrogens (tertiary/aromatic N) is 6. The summed E-state index contributed by atoms with van der Waals surface area (Å²) in [6.45, 7) is 21.8. The fourth-order valence-corrected chi connectivity index (χ4v) is 4.97. The molecule has 1 fully saturated rings. The molecule has 13 heteroatoms. The number of hydrogen-bond acceptors (Lipinski definition) is 9. The minimum Gasteiger partial charge on any atom is -0.444 e. The minimum absolute atomic E-state index is 0.267. The number of rotatable bonds is 3. The van der Waals surface area contributed by atoms with Crippen molar-refractivity contribution in [2.24, 2.45) is 7.05 Å². The number of aromatic nitrogens is 4. The number of ether oxygens (including phenoxy) is 2. The van der Waals surface area contributed by atoms with E-state index in [0.29, 0.717) is 32.0 Å². The molecule has 0 atom stereocenters. The summed E-state index contributed by atoms with van der Waals surface area (Å²) in [5.74, 6) is 0.662. The summed E-state index contributed by atoms with van der Waals surface area (Å²) in [4.78, 5) is 36.3. The van der Waals surface area contributed by atoms with E-state index >= 15 is 0 Å². The summed E-state index contributed by atoms with van der Waals surface area (Å²) in [6, 6.07) is 3.94. The average molecular weight is 651 g/mol. The van der Waals surface area contributed by atoms with Crippen molar-refractivity contribution in [3.05, 3.63) is 48.0 Å². The van der Waals surface area contributed by atoms with Gasteiger partial charge in [-0.2, -0.15) is 5.10 Å². The first-order valence-electron chi connectivity index (χ1n) is 16.2. The Hall–Kier alpha value is -3.71. The Morgan fingerprint density at radius 1 is 0.830 bits per heavy atom. The Labute approximate surface area is 279 Å². The van der Waals surface area contributed by atoms with Gasteiger partial charge in [-0.25, -0.2) is 14.6 Å². The molecule has 5 rings (SSSR count). The lowest BCUT2D eigenvalue weighted by atomic mass is 9.75. The largest absolute Gasteiger partial charge is 0.490 e. The van der Waals surface area contributed by atoms with Crippen LogP contribution in [0.4, 0.5) is 9.59 Å². The summed E-state index contributed by atoms with van der Waals surface area (Å²) >= 11 is 0. The molecule has 0 aromatic carbocycles. The van der Waals surface area contributed by atoms with Crippen LogP contribution < -0.4 is 0 Å². The molecule has 0 spiro atoms. The van der Waals surface area contributed by atoms with Gasteiger partial charge in [-0.3, -0.25) is 9.67 Å². The standard InChI is InChI=1S/C18H23N5O2.C16H28BNO4/c1-18(2,3)25-17(24)23-9-7-13(8-10-23)15-6-5-14(11-19-15)16-20-12-22(4)21-16;1-14(2,3)20-13(19)18-10-8-12(9-11-18)17-21-15(4,5)16(6,7)22-17/h5-7,11-12H,8-10H2,1-4H3;8H,9-11H2,1-7H3. The molecule has 0 radical (unpaired) electrons. The number of carbonyl (C=O) groups is 2. The Kier molecular flexibility index (Phi) is 10.6. The van der Waals surface area contributed by atoms with Gasteiger partial charge < -0.3 is 28.6 Å². The summed E-state index contributed by atoms with van der Waals surface area (Å²) in [5.41, 5.74) is 2.45. The van der Waals surface area contributed by atoms with E-state index in [2.05, 4.69) is 15.1 Å². The topological polar surface area (TPSA) is 121 Å². The van der Waals surface area contributed by atoms with E-state index in [-0.39, 0.29) is 30.5 Å². The number of amides is 2. The van der Waals surface area contributed by atoms with Crippen molar-refractivity contribution >= 4 is 24.9 Å². The van der Waals surface area contributed by atoms with E-state index in [4.69, 9.17) is 18.8 Å². The van der Waals surface area contributed by atoms with Crippen molar-refractivity contribution < 1.29 is 28.4 Å². The molecule has 5 heterocycles. The number of pyridine rings is 1. The highest BCUT2D eigenvalue weighted by atomic mass is 16.7. The van der Waals surface area contributed by atoms with Gasteiger partial charge in [0.05, 0.1) is 16.9 Å². The molecule has 1 saturated heterocycles. The van der Waals surface area contributed by atoms with Crippen molar-refractivity contribution in [3.8, 4) is 11.4 Å². The molecule has 2 aromatic rings. The molecule has 47 heavy (non-hydrogen) atoms. The maximum Gasteiger partial charge on any atom is 0.490 e. The molecule has 2 amide bonds. The summed E-state index contributed by atoms with van der Waals surface area (Å²) in [6.07, 6.45) is 8.47. The maximum absolute atomic E-state index is 12.1. The molecule has 0 unspecified atom stereocenters. The van der Waals surface area contributed by atoms with Gasteiger partial charge in [-0.05, 0) is 105 Å². The van der Waals surface area contributed by atoms with Crippen molar-refractivity contribution in [2.75, 3.05) is 26.2 Å². The van der Waals surface area contributed by atoms with Crippen LogP contribution in [0, 0.1) is 0 Å². The molecular formula is C34H51BN6O6. The Balaban J connectivity index is 0.000000215. The second-order valence-electron chi connectivity index (χ2n) is 15.1. The van der Waals surface area contributed by atoms with Crippen molar-refractivity contribution in [2.45, 2.75) is 104 Å². The second-order valence-corrected chi connectivity index (χ2v) is 15.1.